The Kier molecular flexibility index (Phi) is 2.21. The summed E-state index contributed by atoms with van der Waals surface area (Å²) in [5.74, 6) is -0.150. The Morgan fingerprint density at radius 1 is 1.64 bits per heavy atom. The second-order valence-corrected chi connectivity index (χ2v) is 3.46. The molecule has 0 aromatic carbocycles. The van der Waals surface area contributed by atoms with Gasteiger partial charge in [-0.15, -0.1) is 0 Å². The molecule has 2 unspecified atom stereocenters. The normalized spacial score (nSPS) is 36.4. The predicted molar refractivity (Wildman–Crippen MR) is 43.4 cm³/mol. The van der Waals surface area contributed by atoms with E-state index < -0.39 is 5.97 Å². The second-order valence-electron chi connectivity index (χ2n) is 3.46. The third kappa shape index (κ3) is 1.05. The molecule has 1 saturated carbocycles. The van der Waals surface area contributed by atoms with Crippen LogP contribution in [0.5, 0.6) is 0 Å². The largest absolute Gasteiger partial charge is 0.481 e. The van der Waals surface area contributed by atoms with Crippen molar-refractivity contribution >= 4 is 5.97 Å². The van der Waals surface area contributed by atoms with E-state index in [1.807, 2.05) is 6.92 Å². The first-order chi connectivity index (χ1) is 5.17. The van der Waals surface area contributed by atoms with Gasteiger partial charge in [0.2, 0.25) is 0 Å². The van der Waals surface area contributed by atoms with Gasteiger partial charge >= 0.3 is 5.97 Å². The Balaban J connectivity index is 2.69. The molecule has 1 fully saturated rings. The molecule has 0 aliphatic heterocycles. The van der Waals surface area contributed by atoms with Gasteiger partial charge in [0.25, 0.3) is 0 Å². The van der Waals surface area contributed by atoms with E-state index in [2.05, 4.69) is 6.92 Å². The summed E-state index contributed by atoms with van der Waals surface area (Å²) in [5, 5.41) is 8.99. The maximum absolute atomic E-state index is 10.9. The minimum absolute atomic E-state index is 0.352. The highest BCUT2D eigenvalue weighted by atomic mass is 16.4. The Bertz CT molecular complexity index is 159. The van der Waals surface area contributed by atoms with Crippen molar-refractivity contribution in [2.24, 2.45) is 11.3 Å². The summed E-state index contributed by atoms with van der Waals surface area (Å²) in [6, 6.07) is 0. The van der Waals surface area contributed by atoms with Gasteiger partial charge < -0.3 is 5.11 Å². The summed E-state index contributed by atoms with van der Waals surface area (Å²) in [4.78, 5) is 10.9. The van der Waals surface area contributed by atoms with Crippen molar-refractivity contribution in [1.29, 1.82) is 0 Å². The molecule has 1 aliphatic rings. The van der Waals surface area contributed by atoms with E-state index in [1.54, 1.807) is 0 Å². The topological polar surface area (TPSA) is 37.3 Å². The highest BCUT2D eigenvalue weighted by molar-refractivity contribution is 5.76. The van der Waals surface area contributed by atoms with Crippen molar-refractivity contribution in [2.45, 2.75) is 39.5 Å². The summed E-state index contributed by atoms with van der Waals surface area (Å²) < 4.78 is 0. The number of carbonyl (C=O) groups is 1. The van der Waals surface area contributed by atoms with E-state index >= 15 is 0 Å². The molecule has 0 spiro atoms. The van der Waals surface area contributed by atoms with Crippen LogP contribution in [0, 0.1) is 11.3 Å². The summed E-state index contributed by atoms with van der Waals surface area (Å²) in [6.07, 6.45) is 3.80. The fraction of sp³-hybridized carbons (Fsp3) is 0.889. The van der Waals surface area contributed by atoms with Gasteiger partial charge in [0.05, 0.1) is 5.41 Å². The van der Waals surface area contributed by atoms with Gasteiger partial charge in [0, 0.05) is 0 Å². The molecule has 0 radical (unpaired) electrons. The minimum atomic E-state index is -0.585. The molecule has 1 aliphatic carbocycles. The lowest BCUT2D eigenvalue weighted by molar-refractivity contribution is -0.161. The molecule has 2 atom stereocenters. The molecule has 2 nitrogen and oxygen atoms in total. The monoisotopic (exact) mass is 156 g/mol. The van der Waals surface area contributed by atoms with E-state index in [0.29, 0.717) is 5.92 Å². The lowest BCUT2D eigenvalue weighted by Gasteiger charge is -2.45. The number of rotatable bonds is 3. The molecule has 0 heterocycles. The molecule has 11 heavy (non-hydrogen) atoms. The molecular formula is C9H16O2. The SMILES string of the molecule is CCC1CCC1(CC)C(=O)O. The Morgan fingerprint density at radius 2 is 2.27 bits per heavy atom. The molecule has 0 bridgehead atoms. The van der Waals surface area contributed by atoms with E-state index in [9.17, 15) is 4.79 Å². The molecule has 1 N–H and O–H groups in total. The average molecular weight is 156 g/mol. The van der Waals surface area contributed by atoms with Crippen molar-refractivity contribution in [2.75, 3.05) is 0 Å². The maximum atomic E-state index is 10.9. The molecule has 0 aromatic rings. The number of carboxylic acids is 1. The molecule has 0 saturated heterocycles. The highest BCUT2D eigenvalue weighted by Crippen LogP contribution is 2.50. The molecule has 2 heteroatoms. The van der Waals surface area contributed by atoms with Crippen LogP contribution in [0.1, 0.15) is 39.5 Å². The number of aliphatic carboxylic acids is 1. The Morgan fingerprint density at radius 3 is 2.36 bits per heavy atom. The lowest BCUT2D eigenvalue weighted by Crippen LogP contribution is -2.45. The highest BCUT2D eigenvalue weighted by Gasteiger charge is 2.50. The smallest absolute Gasteiger partial charge is 0.309 e. The summed E-state index contributed by atoms with van der Waals surface area (Å²) in [5.41, 5.74) is -0.352. The van der Waals surface area contributed by atoms with Gasteiger partial charge in [-0.25, -0.2) is 0 Å². The molecular weight excluding hydrogens is 140 g/mol. The fourth-order valence-corrected chi connectivity index (χ4v) is 2.19. The second kappa shape index (κ2) is 2.84. The fourth-order valence-electron chi connectivity index (χ4n) is 2.19. The quantitative estimate of drug-likeness (QED) is 0.680. The van der Waals surface area contributed by atoms with Crippen molar-refractivity contribution < 1.29 is 9.90 Å². The first-order valence-electron chi connectivity index (χ1n) is 4.40. The van der Waals surface area contributed by atoms with Crippen LogP contribution in [0.25, 0.3) is 0 Å². The zero-order chi connectivity index (χ0) is 8.48. The maximum Gasteiger partial charge on any atom is 0.309 e. The standard InChI is InChI=1S/C9H16O2/c1-3-7-5-6-9(7,4-2)8(10)11/h7H,3-6H2,1-2H3,(H,10,11). The van der Waals surface area contributed by atoms with Crippen LogP contribution < -0.4 is 0 Å². The predicted octanol–water partition coefficient (Wildman–Crippen LogP) is 2.29. The minimum Gasteiger partial charge on any atom is -0.481 e. The van der Waals surface area contributed by atoms with E-state index in [4.69, 9.17) is 5.11 Å². The van der Waals surface area contributed by atoms with Gasteiger partial charge in [0.15, 0.2) is 0 Å². The molecule has 0 amide bonds. The van der Waals surface area contributed by atoms with Crippen molar-refractivity contribution in [3.8, 4) is 0 Å². The first-order valence-corrected chi connectivity index (χ1v) is 4.40. The summed E-state index contributed by atoms with van der Waals surface area (Å²) >= 11 is 0. The van der Waals surface area contributed by atoms with Gasteiger partial charge in [-0.3, -0.25) is 4.79 Å². The number of carboxylic acid groups (broad SMARTS) is 1. The van der Waals surface area contributed by atoms with Crippen LogP contribution in [-0.2, 0) is 4.79 Å². The van der Waals surface area contributed by atoms with Crippen molar-refractivity contribution in [1.82, 2.24) is 0 Å². The van der Waals surface area contributed by atoms with Gasteiger partial charge in [-0.1, -0.05) is 20.3 Å². The molecule has 0 aromatic heterocycles. The summed E-state index contributed by atoms with van der Waals surface area (Å²) in [7, 11) is 0. The van der Waals surface area contributed by atoms with Gasteiger partial charge in [0.1, 0.15) is 0 Å². The van der Waals surface area contributed by atoms with Crippen LogP contribution in [0.3, 0.4) is 0 Å². The molecule has 1 rings (SSSR count). The van der Waals surface area contributed by atoms with E-state index in [-0.39, 0.29) is 5.41 Å². The van der Waals surface area contributed by atoms with Crippen LogP contribution >= 0.6 is 0 Å². The Hall–Kier alpha value is -0.530. The zero-order valence-electron chi connectivity index (χ0n) is 7.26. The van der Waals surface area contributed by atoms with Crippen LogP contribution in [0.4, 0.5) is 0 Å². The zero-order valence-corrected chi connectivity index (χ0v) is 7.26. The Labute approximate surface area is 67.6 Å². The van der Waals surface area contributed by atoms with E-state index in [0.717, 1.165) is 25.7 Å². The summed E-state index contributed by atoms with van der Waals surface area (Å²) in [6.45, 7) is 4.06. The average Bonchev–Trinajstić information content (AvgIpc) is 1.87. The van der Waals surface area contributed by atoms with Gasteiger partial charge in [-0.05, 0) is 25.2 Å². The van der Waals surface area contributed by atoms with Crippen LogP contribution in [0.2, 0.25) is 0 Å². The molecule has 64 valence electrons. The lowest BCUT2D eigenvalue weighted by atomic mass is 9.58. The number of hydrogen-bond acceptors (Lipinski definition) is 1. The third-order valence-corrected chi connectivity index (χ3v) is 3.27. The van der Waals surface area contributed by atoms with Crippen LogP contribution in [0.15, 0.2) is 0 Å². The van der Waals surface area contributed by atoms with E-state index in [1.165, 1.54) is 0 Å². The first kappa shape index (κ1) is 8.57. The van der Waals surface area contributed by atoms with Crippen molar-refractivity contribution in [3.05, 3.63) is 0 Å². The number of hydrogen-bond donors (Lipinski definition) is 1. The van der Waals surface area contributed by atoms with Gasteiger partial charge in [-0.2, -0.15) is 0 Å². The van der Waals surface area contributed by atoms with Crippen LogP contribution in [-0.4, -0.2) is 11.1 Å². The third-order valence-electron chi connectivity index (χ3n) is 3.27. The van der Waals surface area contributed by atoms with Crippen molar-refractivity contribution in [3.63, 3.8) is 0 Å².